The van der Waals surface area contributed by atoms with Gasteiger partial charge in [-0.05, 0) is 32.9 Å². The van der Waals surface area contributed by atoms with Crippen molar-refractivity contribution in [3.05, 3.63) is 12.7 Å². The molecule has 0 spiro atoms. The van der Waals surface area contributed by atoms with Gasteiger partial charge in [-0.15, -0.1) is 6.58 Å². The highest BCUT2D eigenvalue weighted by molar-refractivity contribution is 5.71. The SMILES string of the molecule is C=CCCCCCN(C)CC(C)C(=O)OC. The molecule has 1 atom stereocenters. The highest BCUT2D eigenvalue weighted by Crippen LogP contribution is 2.04. The quantitative estimate of drug-likeness (QED) is 0.344. The largest absolute Gasteiger partial charge is 0.469 e. The number of hydrogen-bond acceptors (Lipinski definition) is 3. The maximum atomic E-state index is 11.2. The predicted octanol–water partition coefficient (Wildman–Crippen LogP) is 2.47. The van der Waals surface area contributed by atoms with Gasteiger partial charge in [-0.1, -0.05) is 19.4 Å². The van der Waals surface area contributed by atoms with Gasteiger partial charge in [-0.3, -0.25) is 4.79 Å². The predicted molar refractivity (Wildman–Crippen MR) is 67.3 cm³/mol. The van der Waals surface area contributed by atoms with Crippen LogP contribution in [-0.4, -0.2) is 38.1 Å². The zero-order valence-electron chi connectivity index (χ0n) is 10.9. The molecule has 0 aliphatic heterocycles. The van der Waals surface area contributed by atoms with E-state index < -0.39 is 0 Å². The Hall–Kier alpha value is -0.830. The number of methoxy groups -OCH3 is 1. The normalized spacial score (nSPS) is 12.5. The van der Waals surface area contributed by atoms with Crippen LogP contribution in [0.3, 0.4) is 0 Å². The van der Waals surface area contributed by atoms with E-state index in [0.29, 0.717) is 0 Å². The Morgan fingerprint density at radius 3 is 2.69 bits per heavy atom. The molecule has 3 heteroatoms. The number of rotatable bonds is 9. The van der Waals surface area contributed by atoms with Gasteiger partial charge in [0.15, 0.2) is 0 Å². The highest BCUT2D eigenvalue weighted by Gasteiger charge is 2.14. The van der Waals surface area contributed by atoms with E-state index in [9.17, 15) is 4.79 Å². The summed E-state index contributed by atoms with van der Waals surface area (Å²) in [5, 5.41) is 0. The summed E-state index contributed by atoms with van der Waals surface area (Å²) >= 11 is 0. The summed E-state index contributed by atoms with van der Waals surface area (Å²) in [6.45, 7) is 7.41. The topological polar surface area (TPSA) is 29.5 Å². The smallest absolute Gasteiger partial charge is 0.309 e. The molecule has 94 valence electrons. The Balaban J connectivity index is 3.53. The molecule has 0 aliphatic rings. The molecule has 0 aliphatic carbocycles. The second kappa shape index (κ2) is 9.40. The number of hydrogen-bond donors (Lipinski definition) is 0. The van der Waals surface area contributed by atoms with E-state index >= 15 is 0 Å². The highest BCUT2D eigenvalue weighted by atomic mass is 16.5. The van der Waals surface area contributed by atoms with Crippen LogP contribution in [0.2, 0.25) is 0 Å². The van der Waals surface area contributed by atoms with Crippen LogP contribution in [-0.2, 0) is 9.53 Å². The summed E-state index contributed by atoms with van der Waals surface area (Å²) in [7, 11) is 3.49. The lowest BCUT2D eigenvalue weighted by atomic mass is 10.1. The van der Waals surface area contributed by atoms with E-state index in [0.717, 1.165) is 19.5 Å². The lowest BCUT2D eigenvalue weighted by molar-refractivity contribution is -0.145. The molecule has 16 heavy (non-hydrogen) atoms. The summed E-state index contributed by atoms with van der Waals surface area (Å²) in [5.41, 5.74) is 0. The van der Waals surface area contributed by atoms with E-state index in [1.807, 2.05) is 20.0 Å². The lowest BCUT2D eigenvalue weighted by Crippen LogP contribution is -2.30. The summed E-state index contributed by atoms with van der Waals surface area (Å²) in [4.78, 5) is 13.4. The first kappa shape index (κ1) is 15.2. The van der Waals surface area contributed by atoms with Gasteiger partial charge in [0.1, 0.15) is 0 Å². The summed E-state index contributed by atoms with van der Waals surface area (Å²) in [6.07, 6.45) is 6.68. The molecule has 0 aromatic heterocycles. The molecule has 1 unspecified atom stereocenters. The van der Waals surface area contributed by atoms with E-state index in [4.69, 9.17) is 4.74 Å². The molecule has 0 aromatic carbocycles. The third-order valence-electron chi connectivity index (χ3n) is 2.64. The Kier molecular flexibility index (Phi) is 8.91. The van der Waals surface area contributed by atoms with Crippen LogP contribution in [0.5, 0.6) is 0 Å². The minimum Gasteiger partial charge on any atom is -0.469 e. The average molecular weight is 227 g/mol. The maximum absolute atomic E-state index is 11.2. The number of allylic oxidation sites excluding steroid dienone is 1. The van der Waals surface area contributed by atoms with E-state index in [1.54, 1.807) is 0 Å². The van der Waals surface area contributed by atoms with Crippen LogP contribution in [0.25, 0.3) is 0 Å². The monoisotopic (exact) mass is 227 g/mol. The van der Waals surface area contributed by atoms with Crippen molar-refractivity contribution < 1.29 is 9.53 Å². The fraction of sp³-hybridized carbons (Fsp3) is 0.769. The molecule has 0 amide bonds. The Bertz CT molecular complexity index is 204. The van der Waals surface area contributed by atoms with Crippen molar-refractivity contribution >= 4 is 5.97 Å². The third-order valence-corrected chi connectivity index (χ3v) is 2.64. The summed E-state index contributed by atoms with van der Waals surface area (Å²) < 4.78 is 4.69. The first-order valence-corrected chi connectivity index (χ1v) is 5.99. The third kappa shape index (κ3) is 7.46. The number of nitrogens with zero attached hydrogens (tertiary/aromatic N) is 1. The van der Waals surface area contributed by atoms with Gasteiger partial charge in [0.2, 0.25) is 0 Å². The van der Waals surface area contributed by atoms with Crippen LogP contribution >= 0.6 is 0 Å². The Morgan fingerprint density at radius 1 is 1.44 bits per heavy atom. The fourth-order valence-electron chi connectivity index (χ4n) is 1.68. The molecular weight excluding hydrogens is 202 g/mol. The molecule has 0 radical (unpaired) electrons. The zero-order valence-corrected chi connectivity index (χ0v) is 10.9. The first-order valence-electron chi connectivity index (χ1n) is 5.99. The van der Waals surface area contributed by atoms with E-state index in [1.165, 1.54) is 26.4 Å². The van der Waals surface area contributed by atoms with Gasteiger partial charge < -0.3 is 9.64 Å². The van der Waals surface area contributed by atoms with E-state index in [2.05, 4.69) is 11.5 Å². The van der Waals surface area contributed by atoms with Crippen molar-refractivity contribution in [2.75, 3.05) is 27.2 Å². The number of ether oxygens (including phenoxy) is 1. The molecule has 0 N–H and O–H groups in total. The molecule has 0 saturated carbocycles. The van der Waals surface area contributed by atoms with Crippen molar-refractivity contribution in [3.8, 4) is 0 Å². The minimum atomic E-state index is -0.126. The number of carbonyl (C=O) groups excluding carboxylic acids is 1. The average Bonchev–Trinajstić information content (AvgIpc) is 2.27. The van der Waals surface area contributed by atoms with Gasteiger partial charge in [0, 0.05) is 6.54 Å². The number of esters is 1. The van der Waals surface area contributed by atoms with Crippen molar-refractivity contribution in [2.24, 2.45) is 5.92 Å². The standard InChI is InChI=1S/C13H25NO2/c1-5-6-7-8-9-10-14(3)11-12(2)13(15)16-4/h5,12H,1,6-11H2,2-4H3. The van der Waals surface area contributed by atoms with Gasteiger partial charge in [-0.2, -0.15) is 0 Å². The van der Waals surface area contributed by atoms with Crippen LogP contribution in [0.15, 0.2) is 12.7 Å². The molecule has 0 bridgehead atoms. The summed E-state index contributed by atoms with van der Waals surface area (Å²) in [6, 6.07) is 0. The first-order chi connectivity index (χ1) is 7.61. The number of carbonyl (C=O) groups is 1. The van der Waals surface area contributed by atoms with E-state index in [-0.39, 0.29) is 11.9 Å². The lowest BCUT2D eigenvalue weighted by Gasteiger charge is -2.19. The van der Waals surface area contributed by atoms with Crippen LogP contribution < -0.4 is 0 Å². The fourth-order valence-corrected chi connectivity index (χ4v) is 1.68. The van der Waals surface area contributed by atoms with Crippen LogP contribution in [0, 0.1) is 5.92 Å². The zero-order chi connectivity index (χ0) is 12.4. The Morgan fingerprint density at radius 2 is 2.12 bits per heavy atom. The van der Waals surface area contributed by atoms with Gasteiger partial charge in [0.05, 0.1) is 13.0 Å². The molecule has 0 fully saturated rings. The van der Waals surface area contributed by atoms with Crippen LogP contribution in [0.1, 0.15) is 32.6 Å². The van der Waals surface area contributed by atoms with Gasteiger partial charge in [0.25, 0.3) is 0 Å². The van der Waals surface area contributed by atoms with Crippen molar-refractivity contribution in [1.82, 2.24) is 4.90 Å². The molecule has 0 rings (SSSR count). The van der Waals surface area contributed by atoms with Crippen molar-refractivity contribution in [2.45, 2.75) is 32.6 Å². The second-order valence-electron chi connectivity index (χ2n) is 4.32. The van der Waals surface area contributed by atoms with Gasteiger partial charge in [-0.25, -0.2) is 0 Å². The summed E-state index contributed by atoms with van der Waals surface area (Å²) in [5.74, 6) is -0.165. The molecule has 0 aromatic rings. The minimum absolute atomic E-state index is 0.0387. The Labute approximate surface area is 99.5 Å². The van der Waals surface area contributed by atoms with Crippen molar-refractivity contribution in [1.29, 1.82) is 0 Å². The molecular formula is C13H25NO2. The maximum Gasteiger partial charge on any atom is 0.309 e. The number of unbranched alkanes of at least 4 members (excludes halogenated alkanes) is 3. The molecule has 3 nitrogen and oxygen atoms in total. The van der Waals surface area contributed by atoms with Gasteiger partial charge >= 0.3 is 5.97 Å². The second-order valence-corrected chi connectivity index (χ2v) is 4.32. The van der Waals surface area contributed by atoms with Crippen molar-refractivity contribution in [3.63, 3.8) is 0 Å². The molecule has 0 heterocycles. The molecule has 0 saturated heterocycles. The van der Waals surface area contributed by atoms with Crippen LogP contribution in [0.4, 0.5) is 0 Å².